The quantitative estimate of drug-likeness (QED) is 0.822. The number of carboxylic acids is 1. The van der Waals surface area contributed by atoms with Gasteiger partial charge in [0.1, 0.15) is 0 Å². The maximum absolute atomic E-state index is 12.4. The molecule has 2 unspecified atom stereocenters. The summed E-state index contributed by atoms with van der Waals surface area (Å²) in [5.41, 5.74) is 0.634. The number of nitrogens with one attached hydrogen (secondary N) is 1. The molecule has 118 valence electrons. The number of urea groups is 1. The van der Waals surface area contributed by atoms with Gasteiger partial charge in [0.15, 0.2) is 0 Å². The predicted octanol–water partition coefficient (Wildman–Crippen LogP) is 2.46. The third kappa shape index (κ3) is 3.33. The summed E-state index contributed by atoms with van der Waals surface area (Å²) >= 11 is 0. The lowest BCUT2D eigenvalue weighted by atomic mass is 9.83. The molecule has 3 aliphatic rings. The fourth-order valence-electron chi connectivity index (χ4n) is 4.01. The van der Waals surface area contributed by atoms with Crippen LogP contribution in [0.2, 0.25) is 0 Å². The van der Waals surface area contributed by atoms with E-state index in [0.717, 1.165) is 12.8 Å². The van der Waals surface area contributed by atoms with Crippen molar-refractivity contribution in [3.8, 4) is 0 Å². The van der Waals surface area contributed by atoms with Crippen LogP contribution in [0.3, 0.4) is 0 Å². The Bertz CT molecular complexity index is 423. The number of hydrogen-bond donors (Lipinski definition) is 2. The molecule has 5 nitrogen and oxygen atoms in total. The molecular formula is C16H26N2O3. The van der Waals surface area contributed by atoms with Crippen molar-refractivity contribution in [1.82, 2.24) is 10.2 Å². The van der Waals surface area contributed by atoms with Crippen molar-refractivity contribution in [3.63, 3.8) is 0 Å². The first-order chi connectivity index (χ1) is 9.97. The van der Waals surface area contributed by atoms with Gasteiger partial charge in [0.05, 0.1) is 5.92 Å². The van der Waals surface area contributed by atoms with Gasteiger partial charge in [0.25, 0.3) is 0 Å². The Morgan fingerprint density at radius 3 is 2.38 bits per heavy atom. The molecule has 3 fully saturated rings. The number of hydrogen-bond acceptors (Lipinski definition) is 2. The average Bonchev–Trinajstić information content (AvgIpc) is 3.20. The lowest BCUT2D eigenvalue weighted by molar-refractivity contribution is -0.143. The molecule has 2 N–H and O–H groups in total. The Kier molecular flexibility index (Phi) is 3.84. The molecule has 1 aliphatic heterocycles. The highest BCUT2D eigenvalue weighted by Crippen LogP contribution is 2.56. The van der Waals surface area contributed by atoms with Crippen LogP contribution >= 0.6 is 0 Å². The van der Waals surface area contributed by atoms with Crippen LogP contribution in [0.1, 0.15) is 51.9 Å². The molecule has 1 spiro atoms. The number of piperidine rings is 1. The van der Waals surface area contributed by atoms with Crippen molar-refractivity contribution in [2.24, 2.45) is 17.3 Å². The number of amides is 2. The molecular weight excluding hydrogens is 268 g/mol. The Labute approximate surface area is 126 Å². The third-order valence-corrected chi connectivity index (χ3v) is 5.63. The molecule has 0 aromatic carbocycles. The Morgan fingerprint density at radius 2 is 1.81 bits per heavy atom. The van der Waals surface area contributed by atoms with E-state index in [1.165, 1.54) is 25.7 Å². The highest BCUT2D eigenvalue weighted by Gasteiger charge is 2.45. The molecule has 1 heterocycles. The van der Waals surface area contributed by atoms with E-state index in [1.807, 2.05) is 6.92 Å². The first kappa shape index (κ1) is 14.7. The van der Waals surface area contributed by atoms with Crippen molar-refractivity contribution in [2.75, 3.05) is 13.1 Å². The second-order valence-electron chi connectivity index (χ2n) is 7.50. The van der Waals surface area contributed by atoms with Crippen LogP contribution in [-0.4, -0.2) is 41.1 Å². The Morgan fingerprint density at radius 1 is 1.14 bits per heavy atom. The van der Waals surface area contributed by atoms with Crippen molar-refractivity contribution in [2.45, 2.75) is 57.9 Å². The zero-order chi connectivity index (χ0) is 15.0. The summed E-state index contributed by atoms with van der Waals surface area (Å²) in [5, 5.41) is 12.3. The third-order valence-electron chi connectivity index (χ3n) is 5.63. The van der Waals surface area contributed by atoms with Crippen LogP contribution in [0.4, 0.5) is 4.79 Å². The zero-order valence-electron chi connectivity index (χ0n) is 12.8. The molecule has 0 aromatic rings. The number of carboxylic acid groups (broad SMARTS) is 1. The largest absolute Gasteiger partial charge is 0.481 e. The second kappa shape index (κ2) is 5.50. The van der Waals surface area contributed by atoms with Crippen molar-refractivity contribution in [1.29, 1.82) is 0 Å². The predicted molar refractivity (Wildman–Crippen MR) is 78.9 cm³/mol. The number of aliphatic carboxylic acids is 1. The van der Waals surface area contributed by atoms with E-state index in [9.17, 15) is 14.7 Å². The number of nitrogens with zero attached hydrogens (tertiary/aromatic N) is 1. The van der Waals surface area contributed by atoms with Gasteiger partial charge in [0.2, 0.25) is 0 Å². The normalized spacial score (nSPS) is 32.0. The lowest BCUT2D eigenvalue weighted by Gasteiger charge is -2.36. The summed E-state index contributed by atoms with van der Waals surface area (Å²) in [5.74, 6) is -0.944. The van der Waals surface area contributed by atoms with Crippen molar-refractivity contribution >= 4 is 12.0 Å². The molecule has 21 heavy (non-hydrogen) atoms. The van der Waals surface area contributed by atoms with Gasteiger partial charge in [-0.3, -0.25) is 4.79 Å². The van der Waals surface area contributed by atoms with Crippen LogP contribution in [-0.2, 0) is 4.79 Å². The van der Waals surface area contributed by atoms with Gasteiger partial charge in [0, 0.05) is 19.1 Å². The van der Waals surface area contributed by atoms with Crippen molar-refractivity contribution in [3.05, 3.63) is 0 Å². The minimum absolute atomic E-state index is 0.0652. The van der Waals surface area contributed by atoms with Crippen LogP contribution in [0.5, 0.6) is 0 Å². The summed E-state index contributed by atoms with van der Waals surface area (Å²) in [7, 11) is 0. The molecule has 3 rings (SSSR count). The van der Waals surface area contributed by atoms with Gasteiger partial charge in [-0.25, -0.2) is 4.79 Å². The summed E-state index contributed by atoms with van der Waals surface area (Å²) in [4.78, 5) is 25.3. The highest BCUT2D eigenvalue weighted by atomic mass is 16.4. The molecule has 2 aliphatic carbocycles. The summed E-state index contributed by atoms with van der Waals surface area (Å²) < 4.78 is 0. The van der Waals surface area contributed by atoms with Crippen LogP contribution < -0.4 is 5.32 Å². The molecule has 2 saturated carbocycles. The first-order valence-electron chi connectivity index (χ1n) is 8.26. The molecule has 2 amide bonds. The Balaban J connectivity index is 1.51. The average molecular weight is 294 g/mol. The molecule has 5 heteroatoms. The summed E-state index contributed by atoms with van der Waals surface area (Å²) in [6.45, 7) is 3.04. The fourth-order valence-corrected chi connectivity index (χ4v) is 4.01. The SMILES string of the molecule is CC1CC(C(=O)O)CN(C(=O)NC2CCC3(CC2)CC3)C1. The highest BCUT2D eigenvalue weighted by molar-refractivity contribution is 5.76. The van der Waals surface area contributed by atoms with E-state index < -0.39 is 11.9 Å². The second-order valence-corrected chi connectivity index (χ2v) is 7.50. The summed E-state index contributed by atoms with van der Waals surface area (Å²) in [6.07, 6.45) is 8.06. The van der Waals surface area contributed by atoms with Gasteiger partial charge in [-0.1, -0.05) is 6.92 Å². The molecule has 2 atom stereocenters. The van der Waals surface area contributed by atoms with Crippen molar-refractivity contribution < 1.29 is 14.7 Å². The van der Waals surface area contributed by atoms with E-state index in [4.69, 9.17) is 0 Å². The smallest absolute Gasteiger partial charge is 0.317 e. The molecule has 0 bridgehead atoms. The maximum Gasteiger partial charge on any atom is 0.317 e. The van der Waals surface area contributed by atoms with E-state index in [2.05, 4.69) is 5.32 Å². The van der Waals surface area contributed by atoms with E-state index in [-0.39, 0.29) is 18.0 Å². The topological polar surface area (TPSA) is 69.6 Å². The van der Waals surface area contributed by atoms with E-state index in [0.29, 0.717) is 24.9 Å². The van der Waals surface area contributed by atoms with Crippen LogP contribution in [0.15, 0.2) is 0 Å². The Hall–Kier alpha value is -1.26. The minimum atomic E-state index is -0.785. The van der Waals surface area contributed by atoms with Gasteiger partial charge in [-0.05, 0) is 56.3 Å². The number of carbonyl (C=O) groups excluding carboxylic acids is 1. The lowest BCUT2D eigenvalue weighted by Crippen LogP contribution is -2.52. The maximum atomic E-state index is 12.4. The summed E-state index contributed by atoms with van der Waals surface area (Å²) in [6, 6.07) is 0.216. The van der Waals surface area contributed by atoms with Gasteiger partial charge < -0.3 is 15.3 Å². The molecule has 0 aromatic heterocycles. The number of rotatable bonds is 2. The van der Waals surface area contributed by atoms with E-state index in [1.54, 1.807) is 4.90 Å². The number of carbonyl (C=O) groups is 2. The first-order valence-corrected chi connectivity index (χ1v) is 8.26. The van der Waals surface area contributed by atoms with E-state index >= 15 is 0 Å². The van der Waals surface area contributed by atoms with Gasteiger partial charge in [-0.15, -0.1) is 0 Å². The fraction of sp³-hybridized carbons (Fsp3) is 0.875. The zero-order valence-corrected chi connectivity index (χ0v) is 12.8. The van der Waals surface area contributed by atoms with Gasteiger partial charge >= 0.3 is 12.0 Å². The van der Waals surface area contributed by atoms with Gasteiger partial charge in [-0.2, -0.15) is 0 Å². The molecule has 1 saturated heterocycles. The minimum Gasteiger partial charge on any atom is -0.481 e. The van der Waals surface area contributed by atoms with Crippen LogP contribution in [0, 0.1) is 17.3 Å². The van der Waals surface area contributed by atoms with Crippen LogP contribution in [0.25, 0.3) is 0 Å². The number of likely N-dealkylation sites (tertiary alicyclic amines) is 1. The standard InChI is InChI=1S/C16H26N2O3/c1-11-8-12(14(19)20)10-18(9-11)15(21)17-13-2-4-16(5-3-13)6-7-16/h11-13H,2-10H2,1H3,(H,17,21)(H,19,20). The monoisotopic (exact) mass is 294 g/mol. The molecule has 0 radical (unpaired) electrons.